The van der Waals surface area contributed by atoms with Gasteiger partial charge in [0.2, 0.25) is 5.91 Å². The highest BCUT2D eigenvalue weighted by molar-refractivity contribution is 5.90. The summed E-state index contributed by atoms with van der Waals surface area (Å²) >= 11 is 0. The third kappa shape index (κ3) is 10.3. The van der Waals surface area contributed by atoms with Gasteiger partial charge < -0.3 is 20.7 Å². The van der Waals surface area contributed by atoms with Gasteiger partial charge in [-0.05, 0) is 83.5 Å². The molecule has 4 rings (SSSR count). The molecular weight excluding hydrogens is 586 g/mol. The molecule has 46 heavy (non-hydrogen) atoms. The number of hydrogen-bond acceptors (Lipinski definition) is 6. The Bertz CT molecular complexity index is 1560. The summed E-state index contributed by atoms with van der Waals surface area (Å²) in [5, 5.41) is 3.33. The van der Waals surface area contributed by atoms with Crippen molar-refractivity contribution in [3.63, 3.8) is 0 Å². The van der Waals surface area contributed by atoms with Crippen LogP contribution in [0.25, 0.3) is 11.1 Å². The van der Waals surface area contributed by atoms with Gasteiger partial charge in [-0.25, -0.2) is 13.6 Å². The van der Waals surface area contributed by atoms with Gasteiger partial charge >= 0.3 is 5.97 Å². The number of halogens is 2. The molecule has 0 saturated carbocycles. The van der Waals surface area contributed by atoms with Crippen LogP contribution in [0.15, 0.2) is 91.3 Å². The number of carbonyl (C=O) groups is 2. The fraction of sp³-hybridized carbons (Fsp3) is 0.324. The van der Waals surface area contributed by atoms with Crippen molar-refractivity contribution in [1.82, 2.24) is 15.2 Å². The number of nitrogens with two attached hydrogens (primary N) is 1. The molecule has 1 heterocycles. The number of rotatable bonds is 16. The van der Waals surface area contributed by atoms with Crippen molar-refractivity contribution < 1.29 is 23.1 Å². The number of nitrogens with zero attached hydrogens (tertiary/aromatic N) is 2. The Morgan fingerprint density at radius 1 is 0.870 bits per heavy atom. The summed E-state index contributed by atoms with van der Waals surface area (Å²) in [5.74, 6) is -2.00. The number of aromatic nitrogens is 1. The topological polar surface area (TPSA) is 97.5 Å². The van der Waals surface area contributed by atoms with Gasteiger partial charge in [0, 0.05) is 50.7 Å². The van der Waals surface area contributed by atoms with Crippen molar-refractivity contribution in [3.05, 3.63) is 125 Å². The molecule has 0 fully saturated rings. The van der Waals surface area contributed by atoms with E-state index in [4.69, 9.17) is 10.5 Å². The largest absolute Gasteiger partial charge is 0.456 e. The molecule has 2 atom stereocenters. The van der Waals surface area contributed by atoms with E-state index in [0.717, 1.165) is 35.6 Å². The molecule has 0 aliphatic carbocycles. The van der Waals surface area contributed by atoms with E-state index in [2.05, 4.69) is 16.4 Å². The Kier molecular flexibility index (Phi) is 12.9. The predicted molar refractivity (Wildman–Crippen MR) is 176 cm³/mol. The zero-order valence-corrected chi connectivity index (χ0v) is 26.4. The predicted octanol–water partition coefficient (Wildman–Crippen LogP) is 6.10. The Labute approximate surface area is 269 Å². The molecular formula is C37H42F2N4O3. The van der Waals surface area contributed by atoms with Crippen molar-refractivity contribution in [3.8, 4) is 11.1 Å². The van der Waals surface area contributed by atoms with Crippen LogP contribution in [-0.2, 0) is 28.9 Å². The zero-order valence-electron chi connectivity index (χ0n) is 26.4. The minimum atomic E-state index is -0.824. The molecule has 4 aromatic rings. The van der Waals surface area contributed by atoms with Crippen molar-refractivity contribution in [2.24, 2.45) is 5.73 Å². The van der Waals surface area contributed by atoms with Gasteiger partial charge in [-0.2, -0.15) is 0 Å². The highest BCUT2D eigenvalue weighted by Gasteiger charge is 2.24. The van der Waals surface area contributed by atoms with E-state index in [0.29, 0.717) is 36.3 Å². The van der Waals surface area contributed by atoms with Crippen molar-refractivity contribution >= 4 is 11.9 Å². The second-order valence-corrected chi connectivity index (χ2v) is 11.4. The molecule has 0 bridgehead atoms. The lowest BCUT2D eigenvalue weighted by atomic mass is 10.0. The summed E-state index contributed by atoms with van der Waals surface area (Å²) in [7, 11) is 0. The van der Waals surface area contributed by atoms with Crippen LogP contribution in [0.5, 0.6) is 0 Å². The first-order valence-electron chi connectivity index (χ1n) is 15.7. The normalized spacial score (nSPS) is 12.4. The summed E-state index contributed by atoms with van der Waals surface area (Å²) in [6, 6.07) is 21.2. The van der Waals surface area contributed by atoms with E-state index < -0.39 is 29.7 Å². The number of benzene rings is 3. The lowest BCUT2D eigenvalue weighted by molar-refractivity contribution is -0.130. The van der Waals surface area contributed by atoms with Crippen molar-refractivity contribution in [2.75, 3.05) is 19.6 Å². The number of pyridine rings is 1. The zero-order chi connectivity index (χ0) is 32.9. The molecule has 0 spiro atoms. The summed E-state index contributed by atoms with van der Waals surface area (Å²) in [6.45, 7) is 6.10. The molecule has 1 amide bonds. The monoisotopic (exact) mass is 628 g/mol. The number of carbonyl (C=O) groups excluding carboxylic acids is 2. The Morgan fingerprint density at radius 2 is 1.57 bits per heavy atom. The van der Waals surface area contributed by atoms with Crippen LogP contribution in [0.2, 0.25) is 0 Å². The van der Waals surface area contributed by atoms with Crippen LogP contribution < -0.4 is 11.1 Å². The number of ether oxygens (including phenoxy) is 1. The summed E-state index contributed by atoms with van der Waals surface area (Å²) in [6.07, 6.45) is 4.70. The maximum absolute atomic E-state index is 13.9. The Balaban J connectivity index is 1.47. The molecule has 0 unspecified atom stereocenters. The minimum Gasteiger partial charge on any atom is -0.456 e. The second kappa shape index (κ2) is 17.3. The van der Waals surface area contributed by atoms with E-state index in [1.165, 1.54) is 12.1 Å². The van der Waals surface area contributed by atoms with Crippen LogP contribution >= 0.6 is 0 Å². The van der Waals surface area contributed by atoms with Crippen LogP contribution in [0.4, 0.5) is 8.78 Å². The van der Waals surface area contributed by atoms with Gasteiger partial charge in [0.05, 0.1) is 12.0 Å². The molecule has 0 saturated heterocycles. The number of hydrogen-bond donors (Lipinski definition) is 2. The third-order valence-corrected chi connectivity index (χ3v) is 7.58. The van der Waals surface area contributed by atoms with E-state index in [1.54, 1.807) is 30.6 Å². The molecule has 7 nitrogen and oxygen atoms in total. The van der Waals surface area contributed by atoms with Crippen molar-refractivity contribution in [1.29, 1.82) is 0 Å². The van der Waals surface area contributed by atoms with Gasteiger partial charge in [-0.1, -0.05) is 50.2 Å². The van der Waals surface area contributed by atoms with E-state index in [-0.39, 0.29) is 25.3 Å². The Hall–Kier alpha value is -4.47. The fourth-order valence-electron chi connectivity index (χ4n) is 5.37. The molecule has 0 aliphatic rings. The smallest absolute Gasteiger partial charge is 0.338 e. The summed E-state index contributed by atoms with van der Waals surface area (Å²) in [5.41, 5.74) is 10.9. The summed E-state index contributed by atoms with van der Waals surface area (Å²) in [4.78, 5) is 32.4. The molecule has 9 heteroatoms. The van der Waals surface area contributed by atoms with Crippen LogP contribution in [0.1, 0.15) is 53.7 Å². The average molecular weight is 629 g/mol. The van der Waals surface area contributed by atoms with Gasteiger partial charge in [0.25, 0.3) is 0 Å². The molecule has 242 valence electrons. The first-order valence-corrected chi connectivity index (χ1v) is 15.7. The lowest BCUT2D eigenvalue weighted by Gasteiger charge is -2.25. The van der Waals surface area contributed by atoms with Crippen molar-refractivity contribution in [2.45, 2.75) is 58.2 Å². The standard InChI is InChI=1S/C37H42F2N4O3/c1-3-14-43(15-4-2)36(44)21-26-8-5-11-30(16-26)37(45)46-35(34(40)20-28-18-32(38)22-33(39)19-28)25-42-23-27-9-6-10-29(17-27)31-12-7-13-41-24-31/h5-13,16-19,22,24,34-35,42H,3-4,14-15,20-21,23,25,40H2,1-2H3/t34-,35+/m0/s1. The highest BCUT2D eigenvalue weighted by atomic mass is 19.1. The maximum Gasteiger partial charge on any atom is 0.338 e. The first-order chi connectivity index (χ1) is 22.2. The fourth-order valence-corrected chi connectivity index (χ4v) is 5.37. The molecule has 3 N–H and O–H groups in total. The molecule has 1 aromatic heterocycles. The third-order valence-electron chi connectivity index (χ3n) is 7.58. The van der Waals surface area contributed by atoms with E-state index in [9.17, 15) is 18.4 Å². The summed E-state index contributed by atoms with van der Waals surface area (Å²) < 4.78 is 33.8. The number of nitrogens with one attached hydrogen (secondary N) is 1. The van der Waals surface area contributed by atoms with Gasteiger partial charge in [-0.3, -0.25) is 9.78 Å². The SMILES string of the molecule is CCCN(CCC)C(=O)Cc1cccc(C(=O)O[C@H](CNCc2cccc(-c3cccnc3)c2)[C@@H](N)Cc2cc(F)cc(F)c2)c1. The van der Waals surface area contributed by atoms with Gasteiger partial charge in [-0.15, -0.1) is 0 Å². The van der Waals surface area contributed by atoms with E-state index >= 15 is 0 Å². The minimum absolute atomic E-state index is 0.00763. The molecule has 0 radical (unpaired) electrons. The Morgan fingerprint density at radius 3 is 2.26 bits per heavy atom. The highest BCUT2D eigenvalue weighted by Crippen LogP contribution is 2.20. The van der Waals surface area contributed by atoms with Crippen LogP contribution in [0.3, 0.4) is 0 Å². The average Bonchev–Trinajstić information content (AvgIpc) is 3.04. The molecule has 3 aromatic carbocycles. The van der Waals surface area contributed by atoms with Gasteiger partial charge in [0.1, 0.15) is 17.7 Å². The number of esters is 1. The van der Waals surface area contributed by atoms with Gasteiger partial charge in [0.15, 0.2) is 0 Å². The van der Waals surface area contributed by atoms with E-state index in [1.807, 2.05) is 55.1 Å². The van der Waals surface area contributed by atoms with Crippen LogP contribution in [0, 0.1) is 11.6 Å². The maximum atomic E-state index is 13.9. The molecule has 0 aliphatic heterocycles. The van der Waals surface area contributed by atoms with Crippen LogP contribution in [-0.4, -0.2) is 53.5 Å². The lowest BCUT2D eigenvalue weighted by Crippen LogP contribution is -2.46. The first kappa shape index (κ1) is 34.4. The quantitative estimate of drug-likeness (QED) is 0.146. The second-order valence-electron chi connectivity index (χ2n) is 11.4. The number of amides is 1.